The number of rotatable bonds is 5. The molecular weight excluding hydrogens is 238 g/mol. The summed E-state index contributed by atoms with van der Waals surface area (Å²) in [7, 11) is -3.67. The van der Waals surface area contributed by atoms with E-state index in [9.17, 15) is 8.42 Å². The SMILES string of the molecule is CCc1nn(CC2CC2)c(CC)c1S(N)(=O)=O. The fraction of sp³-hybridized carbons (Fsp3) is 0.727. The van der Waals surface area contributed by atoms with E-state index in [1.165, 1.54) is 12.8 Å². The Hall–Kier alpha value is -0.880. The van der Waals surface area contributed by atoms with Crippen molar-refractivity contribution in [3.8, 4) is 0 Å². The number of sulfonamides is 1. The van der Waals surface area contributed by atoms with Gasteiger partial charge in [0, 0.05) is 6.54 Å². The van der Waals surface area contributed by atoms with E-state index in [0.717, 1.165) is 12.2 Å². The van der Waals surface area contributed by atoms with E-state index in [0.29, 0.717) is 24.5 Å². The summed E-state index contributed by atoms with van der Waals surface area (Å²) in [5.74, 6) is 0.665. The lowest BCUT2D eigenvalue weighted by molar-refractivity contribution is 0.535. The zero-order valence-electron chi connectivity index (χ0n) is 10.3. The molecule has 1 aromatic rings. The van der Waals surface area contributed by atoms with Gasteiger partial charge in [0.05, 0.1) is 11.4 Å². The zero-order valence-corrected chi connectivity index (χ0v) is 11.1. The van der Waals surface area contributed by atoms with Crippen molar-refractivity contribution >= 4 is 10.0 Å². The molecule has 2 rings (SSSR count). The van der Waals surface area contributed by atoms with E-state index in [2.05, 4.69) is 5.10 Å². The minimum Gasteiger partial charge on any atom is -0.268 e. The summed E-state index contributed by atoms with van der Waals surface area (Å²) in [6.07, 6.45) is 3.67. The zero-order chi connectivity index (χ0) is 12.6. The van der Waals surface area contributed by atoms with Gasteiger partial charge >= 0.3 is 0 Å². The van der Waals surface area contributed by atoms with Gasteiger partial charge in [0.1, 0.15) is 4.90 Å². The molecule has 5 nitrogen and oxygen atoms in total. The third-order valence-electron chi connectivity index (χ3n) is 3.16. The van der Waals surface area contributed by atoms with Crippen LogP contribution in [0.25, 0.3) is 0 Å². The van der Waals surface area contributed by atoms with Gasteiger partial charge in [-0.2, -0.15) is 5.10 Å². The Kier molecular flexibility index (Phi) is 3.27. The van der Waals surface area contributed by atoms with Crippen LogP contribution in [0.2, 0.25) is 0 Å². The van der Waals surface area contributed by atoms with Crippen molar-refractivity contribution in [2.75, 3.05) is 0 Å². The monoisotopic (exact) mass is 257 g/mol. The van der Waals surface area contributed by atoms with Crippen molar-refractivity contribution < 1.29 is 8.42 Å². The fourth-order valence-corrected chi connectivity index (χ4v) is 3.23. The molecule has 1 saturated carbocycles. The average Bonchev–Trinajstić information content (AvgIpc) is 2.95. The van der Waals surface area contributed by atoms with Gasteiger partial charge < -0.3 is 0 Å². The van der Waals surface area contributed by atoms with Crippen molar-refractivity contribution in [3.63, 3.8) is 0 Å². The number of aromatic nitrogens is 2. The predicted molar refractivity (Wildman–Crippen MR) is 65.1 cm³/mol. The van der Waals surface area contributed by atoms with Crippen LogP contribution in [0.5, 0.6) is 0 Å². The molecule has 1 heterocycles. The standard InChI is InChI=1S/C11H19N3O2S/c1-3-9-11(17(12,15)16)10(4-2)14(13-9)7-8-5-6-8/h8H,3-7H2,1-2H3,(H2,12,15,16). The van der Waals surface area contributed by atoms with Crippen LogP contribution in [-0.2, 0) is 29.4 Å². The highest BCUT2D eigenvalue weighted by atomic mass is 32.2. The average molecular weight is 257 g/mol. The lowest BCUT2D eigenvalue weighted by atomic mass is 10.2. The van der Waals surface area contributed by atoms with Crippen LogP contribution < -0.4 is 5.14 Å². The van der Waals surface area contributed by atoms with Crippen molar-refractivity contribution in [3.05, 3.63) is 11.4 Å². The summed E-state index contributed by atoms with van der Waals surface area (Å²) in [6.45, 7) is 4.66. The summed E-state index contributed by atoms with van der Waals surface area (Å²) in [6, 6.07) is 0. The maximum Gasteiger partial charge on any atom is 0.241 e. The summed E-state index contributed by atoms with van der Waals surface area (Å²) < 4.78 is 25.1. The number of nitrogens with zero attached hydrogens (tertiary/aromatic N) is 2. The van der Waals surface area contributed by atoms with Crippen molar-refractivity contribution in [1.29, 1.82) is 0 Å². The molecule has 0 aliphatic heterocycles. The lowest BCUT2D eigenvalue weighted by Gasteiger charge is -2.05. The van der Waals surface area contributed by atoms with Crippen molar-refractivity contribution in [2.24, 2.45) is 11.1 Å². The van der Waals surface area contributed by atoms with Crippen LogP contribution in [-0.4, -0.2) is 18.2 Å². The molecular formula is C11H19N3O2S. The third-order valence-corrected chi connectivity index (χ3v) is 4.20. The van der Waals surface area contributed by atoms with Crippen LogP contribution >= 0.6 is 0 Å². The van der Waals surface area contributed by atoms with E-state index < -0.39 is 10.0 Å². The number of aryl methyl sites for hydroxylation is 1. The molecule has 1 aliphatic carbocycles. The van der Waals surface area contributed by atoms with E-state index in [1.807, 2.05) is 18.5 Å². The largest absolute Gasteiger partial charge is 0.268 e. The van der Waals surface area contributed by atoms with Gasteiger partial charge in [0.25, 0.3) is 0 Å². The molecule has 2 N–H and O–H groups in total. The van der Waals surface area contributed by atoms with Crippen LogP contribution in [0.4, 0.5) is 0 Å². The fourth-order valence-electron chi connectivity index (χ4n) is 2.13. The summed E-state index contributed by atoms with van der Waals surface area (Å²) in [4.78, 5) is 0.253. The Morgan fingerprint density at radius 2 is 2.00 bits per heavy atom. The first-order valence-corrected chi connectivity index (χ1v) is 7.63. The molecule has 96 valence electrons. The second-order valence-electron chi connectivity index (χ2n) is 4.60. The lowest BCUT2D eigenvalue weighted by Crippen LogP contribution is -2.16. The van der Waals surface area contributed by atoms with Crippen molar-refractivity contribution in [2.45, 2.75) is 51.0 Å². The molecule has 0 unspecified atom stereocenters. The Morgan fingerprint density at radius 3 is 2.41 bits per heavy atom. The summed E-state index contributed by atoms with van der Waals surface area (Å²) >= 11 is 0. The smallest absolute Gasteiger partial charge is 0.241 e. The summed E-state index contributed by atoms with van der Waals surface area (Å²) in [5.41, 5.74) is 1.36. The highest BCUT2D eigenvalue weighted by molar-refractivity contribution is 7.89. The molecule has 17 heavy (non-hydrogen) atoms. The van der Waals surface area contributed by atoms with Gasteiger partial charge in [-0.3, -0.25) is 4.68 Å². The summed E-state index contributed by atoms with van der Waals surface area (Å²) in [5, 5.41) is 9.69. The Labute approximate surface area is 102 Å². The molecule has 0 atom stereocenters. The Bertz CT molecular complexity index is 515. The number of hydrogen-bond donors (Lipinski definition) is 1. The molecule has 0 amide bonds. The van der Waals surface area contributed by atoms with Gasteiger partial charge in [-0.05, 0) is 31.6 Å². The number of nitrogens with two attached hydrogens (primary N) is 1. The molecule has 1 fully saturated rings. The maximum absolute atomic E-state index is 11.6. The number of hydrogen-bond acceptors (Lipinski definition) is 3. The van der Waals surface area contributed by atoms with Gasteiger partial charge in [0.2, 0.25) is 10.0 Å². The Morgan fingerprint density at radius 1 is 1.35 bits per heavy atom. The van der Waals surface area contributed by atoms with E-state index in [1.54, 1.807) is 0 Å². The first kappa shape index (κ1) is 12.6. The Balaban J connectivity index is 2.50. The van der Waals surface area contributed by atoms with Crippen molar-refractivity contribution in [1.82, 2.24) is 9.78 Å². The molecule has 0 spiro atoms. The molecule has 0 bridgehead atoms. The molecule has 0 saturated heterocycles. The van der Waals surface area contributed by atoms with Crippen LogP contribution in [0.3, 0.4) is 0 Å². The molecule has 6 heteroatoms. The van der Waals surface area contributed by atoms with Gasteiger partial charge in [-0.1, -0.05) is 13.8 Å². The first-order valence-electron chi connectivity index (χ1n) is 6.08. The quantitative estimate of drug-likeness (QED) is 0.857. The first-order chi connectivity index (χ1) is 7.97. The highest BCUT2D eigenvalue weighted by Crippen LogP contribution is 2.32. The van der Waals surface area contributed by atoms with Crippen LogP contribution in [0, 0.1) is 5.92 Å². The predicted octanol–water partition coefficient (Wildman–Crippen LogP) is 1.07. The molecule has 1 aliphatic rings. The van der Waals surface area contributed by atoms with Gasteiger partial charge in [0.15, 0.2) is 0 Å². The second-order valence-corrected chi connectivity index (χ2v) is 6.10. The molecule has 0 radical (unpaired) electrons. The topological polar surface area (TPSA) is 78.0 Å². The third kappa shape index (κ3) is 2.52. The van der Waals surface area contributed by atoms with Gasteiger partial charge in [-0.25, -0.2) is 13.6 Å². The normalized spacial score (nSPS) is 16.4. The number of primary sulfonamides is 1. The van der Waals surface area contributed by atoms with Crippen LogP contribution in [0.1, 0.15) is 38.1 Å². The van der Waals surface area contributed by atoms with E-state index in [-0.39, 0.29) is 4.90 Å². The van der Waals surface area contributed by atoms with Gasteiger partial charge in [-0.15, -0.1) is 0 Å². The van der Waals surface area contributed by atoms with E-state index in [4.69, 9.17) is 5.14 Å². The second kappa shape index (κ2) is 4.42. The molecule has 1 aromatic heterocycles. The molecule has 0 aromatic carbocycles. The highest BCUT2D eigenvalue weighted by Gasteiger charge is 2.28. The van der Waals surface area contributed by atoms with E-state index >= 15 is 0 Å². The minimum absolute atomic E-state index is 0.253. The van der Waals surface area contributed by atoms with Crippen LogP contribution in [0.15, 0.2) is 4.90 Å². The minimum atomic E-state index is -3.67. The maximum atomic E-state index is 11.6.